The highest BCUT2D eigenvalue weighted by atomic mass is 19.1. The summed E-state index contributed by atoms with van der Waals surface area (Å²) in [5.74, 6) is 0.311. The van der Waals surface area contributed by atoms with Gasteiger partial charge in [-0.1, -0.05) is 12.1 Å². The van der Waals surface area contributed by atoms with Crippen molar-refractivity contribution in [3.8, 4) is 0 Å². The number of para-hydroxylation sites is 2. The van der Waals surface area contributed by atoms with Crippen LogP contribution in [0.15, 0.2) is 30.5 Å². The third kappa shape index (κ3) is 2.03. The molecule has 0 unspecified atom stereocenters. The number of hydrogen-bond acceptors (Lipinski definition) is 5. The Morgan fingerprint density at radius 2 is 1.95 bits per heavy atom. The number of benzene rings is 1. The van der Waals surface area contributed by atoms with Gasteiger partial charge >= 0.3 is 0 Å². The monoisotopic (exact) mass is 273 g/mol. The standard InChI is InChI=1S/C14H16FN5/c1-16-14-17-9-10(15)13(18-14)20-8-7-19(2)11-5-3-4-6-12(11)20/h3-6,9H,7-8H2,1-2H3,(H,16,17,18). The van der Waals surface area contributed by atoms with Gasteiger partial charge in [0.05, 0.1) is 17.6 Å². The molecule has 0 spiro atoms. The molecule has 0 atom stereocenters. The van der Waals surface area contributed by atoms with Crippen molar-refractivity contribution in [2.75, 3.05) is 42.3 Å². The fourth-order valence-electron chi connectivity index (χ4n) is 2.39. The van der Waals surface area contributed by atoms with Gasteiger partial charge in [0.2, 0.25) is 5.95 Å². The minimum absolute atomic E-state index is 0.310. The van der Waals surface area contributed by atoms with E-state index in [1.807, 2.05) is 36.2 Å². The summed E-state index contributed by atoms with van der Waals surface area (Å²) in [7, 11) is 3.75. The molecule has 2 aromatic rings. The number of aromatic nitrogens is 2. The third-order valence-corrected chi connectivity index (χ3v) is 3.45. The Morgan fingerprint density at radius 3 is 2.70 bits per heavy atom. The molecule has 104 valence electrons. The normalized spacial score (nSPS) is 14.2. The van der Waals surface area contributed by atoms with E-state index in [4.69, 9.17) is 0 Å². The van der Waals surface area contributed by atoms with Crippen LogP contribution in [0.5, 0.6) is 0 Å². The molecule has 0 bridgehead atoms. The summed E-state index contributed by atoms with van der Waals surface area (Å²) in [6, 6.07) is 7.93. The van der Waals surface area contributed by atoms with Crippen molar-refractivity contribution in [2.45, 2.75) is 0 Å². The number of rotatable bonds is 2. The van der Waals surface area contributed by atoms with Crippen molar-refractivity contribution in [1.29, 1.82) is 0 Å². The molecule has 1 aromatic heterocycles. The van der Waals surface area contributed by atoms with E-state index < -0.39 is 5.82 Å². The summed E-state index contributed by atoms with van der Waals surface area (Å²) in [5.41, 5.74) is 2.03. The molecule has 0 radical (unpaired) electrons. The van der Waals surface area contributed by atoms with Crippen LogP contribution in [0, 0.1) is 5.82 Å². The highest BCUT2D eigenvalue weighted by molar-refractivity contribution is 5.78. The summed E-state index contributed by atoms with van der Waals surface area (Å²) in [6.07, 6.45) is 1.20. The van der Waals surface area contributed by atoms with E-state index in [1.165, 1.54) is 6.20 Å². The molecule has 0 amide bonds. The first kappa shape index (κ1) is 12.7. The Bertz CT molecular complexity index is 631. The minimum Gasteiger partial charge on any atom is -0.371 e. The Hall–Kier alpha value is -2.37. The van der Waals surface area contributed by atoms with Gasteiger partial charge in [0.15, 0.2) is 11.6 Å². The van der Waals surface area contributed by atoms with Crippen molar-refractivity contribution in [1.82, 2.24) is 9.97 Å². The van der Waals surface area contributed by atoms with Crippen LogP contribution < -0.4 is 15.1 Å². The predicted octanol–water partition coefficient (Wildman–Crippen LogP) is 2.25. The molecule has 0 saturated heterocycles. The number of anilines is 4. The minimum atomic E-state index is -0.414. The van der Waals surface area contributed by atoms with E-state index in [9.17, 15) is 4.39 Å². The number of hydrogen-bond donors (Lipinski definition) is 1. The van der Waals surface area contributed by atoms with Gasteiger partial charge in [0.25, 0.3) is 0 Å². The lowest BCUT2D eigenvalue weighted by Crippen LogP contribution is -2.37. The molecular weight excluding hydrogens is 257 g/mol. The van der Waals surface area contributed by atoms with Crippen LogP contribution in [-0.4, -0.2) is 37.2 Å². The molecule has 1 aliphatic rings. The Kier molecular flexibility index (Phi) is 3.14. The van der Waals surface area contributed by atoms with E-state index in [2.05, 4.69) is 20.2 Å². The molecule has 0 aliphatic carbocycles. The van der Waals surface area contributed by atoms with Gasteiger partial charge in [-0.05, 0) is 12.1 Å². The third-order valence-electron chi connectivity index (χ3n) is 3.45. The summed E-state index contributed by atoms with van der Waals surface area (Å²) >= 11 is 0. The number of fused-ring (bicyclic) bond motifs is 1. The number of likely N-dealkylation sites (N-methyl/N-ethyl adjacent to an activating group) is 1. The molecule has 1 N–H and O–H groups in total. The van der Waals surface area contributed by atoms with Gasteiger partial charge in [0, 0.05) is 27.2 Å². The van der Waals surface area contributed by atoms with Crippen LogP contribution in [0.25, 0.3) is 0 Å². The maximum atomic E-state index is 14.1. The van der Waals surface area contributed by atoms with Gasteiger partial charge in [-0.25, -0.2) is 9.37 Å². The number of nitrogens with zero attached hydrogens (tertiary/aromatic N) is 4. The smallest absolute Gasteiger partial charge is 0.224 e. The first-order chi connectivity index (χ1) is 9.70. The molecule has 1 aromatic carbocycles. The maximum Gasteiger partial charge on any atom is 0.224 e. The molecule has 1 aliphatic heterocycles. The highest BCUT2D eigenvalue weighted by Crippen LogP contribution is 2.36. The summed E-state index contributed by atoms with van der Waals surface area (Å²) < 4.78 is 14.1. The molecule has 20 heavy (non-hydrogen) atoms. The second-order valence-corrected chi connectivity index (χ2v) is 4.68. The lowest BCUT2D eigenvalue weighted by Gasteiger charge is -2.36. The topological polar surface area (TPSA) is 44.3 Å². The molecule has 6 heteroatoms. The van der Waals surface area contributed by atoms with Gasteiger partial charge in [0.1, 0.15) is 0 Å². The van der Waals surface area contributed by atoms with E-state index in [1.54, 1.807) is 7.05 Å². The zero-order valence-corrected chi connectivity index (χ0v) is 11.5. The zero-order chi connectivity index (χ0) is 14.1. The second-order valence-electron chi connectivity index (χ2n) is 4.68. The predicted molar refractivity (Wildman–Crippen MR) is 78.3 cm³/mol. The van der Waals surface area contributed by atoms with Crippen molar-refractivity contribution in [2.24, 2.45) is 0 Å². The largest absolute Gasteiger partial charge is 0.371 e. The van der Waals surface area contributed by atoms with Crippen LogP contribution in [0.1, 0.15) is 0 Å². The van der Waals surface area contributed by atoms with E-state index >= 15 is 0 Å². The lowest BCUT2D eigenvalue weighted by atomic mass is 10.1. The zero-order valence-electron chi connectivity index (χ0n) is 11.5. The second kappa shape index (κ2) is 4.96. The summed E-state index contributed by atoms with van der Waals surface area (Å²) in [4.78, 5) is 12.2. The van der Waals surface area contributed by atoms with Gasteiger partial charge in [-0.15, -0.1) is 0 Å². The summed E-state index contributed by atoms with van der Waals surface area (Å²) in [5, 5.41) is 2.84. The molecule has 2 heterocycles. The average Bonchev–Trinajstić information content (AvgIpc) is 2.49. The molecule has 5 nitrogen and oxygen atoms in total. The fourth-order valence-corrected chi connectivity index (χ4v) is 2.39. The SMILES string of the molecule is CNc1ncc(F)c(N2CCN(C)c3ccccc32)n1. The van der Waals surface area contributed by atoms with Gasteiger partial charge < -0.3 is 15.1 Å². The molecule has 0 fully saturated rings. The Balaban J connectivity index is 2.10. The average molecular weight is 273 g/mol. The van der Waals surface area contributed by atoms with Crippen molar-refractivity contribution in [3.63, 3.8) is 0 Å². The Labute approximate surface area is 117 Å². The van der Waals surface area contributed by atoms with Crippen molar-refractivity contribution >= 4 is 23.1 Å². The Morgan fingerprint density at radius 1 is 1.20 bits per heavy atom. The molecular formula is C14H16FN5. The first-order valence-corrected chi connectivity index (χ1v) is 6.48. The number of nitrogens with one attached hydrogen (secondary N) is 1. The summed E-state index contributed by atoms with van der Waals surface area (Å²) in [6.45, 7) is 1.50. The number of halogens is 1. The molecule has 3 rings (SSSR count). The first-order valence-electron chi connectivity index (χ1n) is 6.48. The fraction of sp³-hybridized carbons (Fsp3) is 0.286. The van der Waals surface area contributed by atoms with E-state index in [0.29, 0.717) is 18.3 Å². The van der Waals surface area contributed by atoms with Crippen LogP contribution in [-0.2, 0) is 0 Å². The van der Waals surface area contributed by atoms with Crippen LogP contribution >= 0.6 is 0 Å². The van der Waals surface area contributed by atoms with E-state index in [-0.39, 0.29) is 0 Å². The van der Waals surface area contributed by atoms with Gasteiger partial charge in [-0.3, -0.25) is 0 Å². The van der Waals surface area contributed by atoms with Gasteiger partial charge in [-0.2, -0.15) is 4.98 Å². The van der Waals surface area contributed by atoms with Crippen LogP contribution in [0.4, 0.5) is 27.5 Å². The quantitative estimate of drug-likeness (QED) is 0.909. The maximum absolute atomic E-state index is 14.1. The lowest BCUT2D eigenvalue weighted by molar-refractivity contribution is 0.609. The van der Waals surface area contributed by atoms with Crippen LogP contribution in [0.3, 0.4) is 0 Å². The van der Waals surface area contributed by atoms with E-state index in [0.717, 1.165) is 17.9 Å². The van der Waals surface area contributed by atoms with Crippen molar-refractivity contribution < 1.29 is 4.39 Å². The van der Waals surface area contributed by atoms with Crippen molar-refractivity contribution in [3.05, 3.63) is 36.3 Å². The highest BCUT2D eigenvalue weighted by Gasteiger charge is 2.24. The molecule has 0 saturated carbocycles. The van der Waals surface area contributed by atoms with Crippen LogP contribution in [0.2, 0.25) is 0 Å².